The number of nitrogens with zero attached hydrogens (tertiary/aromatic N) is 3. The lowest BCUT2D eigenvalue weighted by Crippen LogP contribution is -1.82. The molecule has 0 aliphatic heterocycles. The Morgan fingerprint density at radius 3 is 2.55 bits per heavy atom. The summed E-state index contributed by atoms with van der Waals surface area (Å²) in [6.07, 6.45) is 1.81. The fourth-order valence-electron chi connectivity index (χ4n) is 2.14. The third kappa shape index (κ3) is 1.83. The third-order valence-corrected chi connectivity index (χ3v) is 4.16. The third-order valence-electron chi connectivity index (χ3n) is 3.06. The van der Waals surface area contributed by atoms with Crippen LogP contribution in [0.2, 0.25) is 0 Å². The smallest absolute Gasteiger partial charge is 0.149 e. The van der Waals surface area contributed by atoms with E-state index in [1.54, 1.807) is 11.8 Å². The van der Waals surface area contributed by atoms with Crippen LogP contribution in [-0.2, 0) is 0 Å². The lowest BCUT2D eigenvalue weighted by Gasteiger charge is -2.05. The number of benzene rings is 2. The maximum Gasteiger partial charge on any atom is 0.149 e. The second-order valence-corrected chi connectivity index (χ2v) is 5.41. The zero-order valence-corrected chi connectivity index (χ0v) is 11.2. The van der Waals surface area contributed by atoms with Gasteiger partial charge in [0.05, 0.1) is 5.52 Å². The number of aromatic nitrogens is 3. The molecule has 0 radical (unpaired) electrons. The average molecular weight is 279 g/mol. The van der Waals surface area contributed by atoms with Crippen LogP contribution in [0.3, 0.4) is 0 Å². The van der Waals surface area contributed by atoms with Crippen molar-refractivity contribution in [1.82, 2.24) is 15.3 Å². The molecule has 0 N–H and O–H groups in total. The van der Waals surface area contributed by atoms with E-state index in [0.717, 1.165) is 31.7 Å². The molecule has 20 heavy (non-hydrogen) atoms. The molecule has 4 rings (SSSR count). The van der Waals surface area contributed by atoms with E-state index in [0.29, 0.717) is 0 Å². The Labute approximate surface area is 118 Å². The van der Waals surface area contributed by atoms with Gasteiger partial charge in [-0.1, -0.05) is 36.0 Å². The highest BCUT2D eigenvalue weighted by molar-refractivity contribution is 7.99. The molecular formula is C15H9N3OS. The average Bonchev–Trinajstić information content (AvgIpc) is 2.97. The summed E-state index contributed by atoms with van der Waals surface area (Å²) in [5.74, 6) is 0. The normalized spacial score (nSPS) is 11.2. The van der Waals surface area contributed by atoms with Crippen molar-refractivity contribution in [2.75, 3.05) is 0 Å². The van der Waals surface area contributed by atoms with Crippen LogP contribution in [0.4, 0.5) is 0 Å². The number of hydrogen-bond donors (Lipinski definition) is 0. The summed E-state index contributed by atoms with van der Waals surface area (Å²) in [5, 5.41) is 8.96. The number of rotatable bonds is 2. The highest BCUT2D eigenvalue weighted by Crippen LogP contribution is 2.35. The van der Waals surface area contributed by atoms with Crippen molar-refractivity contribution in [3.05, 3.63) is 54.7 Å². The van der Waals surface area contributed by atoms with E-state index < -0.39 is 0 Å². The number of fused-ring (bicyclic) bond motifs is 2. The quantitative estimate of drug-likeness (QED) is 0.556. The van der Waals surface area contributed by atoms with Crippen molar-refractivity contribution in [1.29, 1.82) is 0 Å². The molecule has 0 amide bonds. The second-order valence-electron chi connectivity index (χ2n) is 4.32. The van der Waals surface area contributed by atoms with Gasteiger partial charge in [-0.15, -0.1) is 0 Å². The van der Waals surface area contributed by atoms with E-state index in [1.165, 1.54) is 0 Å². The van der Waals surface area contributed by atoms with Crippen LogP contribution >= 0.6 is 11.8 Å². The molecule has 2 aromatic heterocycles. The minimum atomic E-state index is 0.767. The van der Waals surface area contributed by atoms with Crippen molar-refractivity contribution in [2.45, 2.75) is 9.79 Å². The van der Waals surface area contributed by atoms with Gasteiger partial charge >= 0.3 is 0 Å². The molecule has 0 saturated heterocycles. The molecule has 0 bridgehead atoms. The van der Waals surface area contributed by atoms with Crippen molar-refractivity contribution >= 4 is 33.7 Å². The highest BCUT2D eigenvalue weighted by Gasteiger charge is 2.10. The topological polar surface area (TPSA) is 51.8 Å². The molecule has 0 atom stereocenters. The Morgan fingerprint density at radius 2 is 1.60 bits per heavy atom. The maximum atomic E-state index is 4.80. The summed E-state index contributed by atoms with van der Waals surface area (Å²) < 4.78 is 4.80. The summed E-state index contributed by atoms with van der Waals surface area (Å²) in [6.45, 7) is 0. The number of pyridine rings is 1. The van der Waals surface area contributed by atoms with Gasteiger partial charge in [-0.3, -0.25) is 4.98 Å². The minimum Gasteiger partial charge on any atom is -0.255 e. The molecule has 0 unspecified atom stereocenters. The summed E-state index contributed by atoms with van der Waals surface area (Å²) >= 11 is 1.63. The summed E-state index contributed by atoms with van der Waals surface area (Å²) in [7, 11) is 0. The molecule has 96 valence electrons. The van der Waals surface area contributed by atoms with Crippen LogP contribution in [0.15, 0.2) is 69.1 Å². The Balaban J connectivity index is 1.87. The van der Waals surface area contributed by atoms with Gasteiger partial charge in [0.1, 0.15) is 11.0 Å². The van der Waals surface area contributed by atoms with E-state index in [-0.39, 0.29) is 0 Å². The van der Waals surface area contributed by atoms with Gasteiger partial charge in [0.15, 0.2) is 0 Å². The predicted octanol–water partition coefficient (Wildman–Crippen LogP) is 3.92. The Bertz CT molecular complexity index is 898. The predicted molar refractivity (Wildman–Crippen MR) is 77.7 cm³/mol. The first kappa shape index (κ1) is 11.4. The van der Waals surface area contributed by atoms with Gasteiger partial charge in [-0.2, -0.15) is 0 Å². The first-order chi connectivity index (χ1) is 9.92. The molecule has 0 aliphatic rings. The van der Waals surface area contributed by atoms with Crippen LogP contribution in [0.25, 0.3) is 21.9 Å². The lowest BCUT2D eigenvalue weighted by atomic mass is 10.2. The SMILES string of the molecule is c1cnc2c(Sc3cccc4nonc34)cccc2c1. The first-order valence-electron chi connectivity index (χ1n) is 6.15. The minimum absolute atomic E-state index is 0.767. The van der Waals surface area contributed by atoms with E-state index >= 15 is 0 Å². The zero-order chi connectivity index (χ0) is 13.4. The highest BCUT2D eigenvalue weighted by atomic mass is 32.2. The fourth-order valence-corrected chi connectivity index (χ4v) is 3.18. The molecule has 4 nitrogen and oxygen atoms in total. The molecule has 0 fully saturated rings. The second kappa shape index (κ2) is 4.61. The zero-order valence-electron chi connectivity index (χ0n) is 10.4. The Kier molecular flexibility index (Phi) is 2.63. The van der Waals surface area contributed by atoms with Gasteiger partial charge < -0.3 is 0 Å². The van der Waals surface area contributed by atoms with E-state index in [1.807, 2.05) is 36.5 Å². The fraction of sp³-hybridized carbons (Fsp3) is 0. The summed E-state index contributed by atoms with van der Waals surface area (Å²) in [6, 6.07) is 16.0. The van der Waals surface area contributed by atoms with Crippen LogP contribution in [0, 0.1) is 0 Å². The molecule has 5 heteroatoms. The van der Waals surface area contributed by atoms with Crippen LogP contribution < -0.4 is 0 Å². The van der Waals surface area contributed by atoms with E-state index in [9.17, 15) is 0 Å². The Hall–Kier alpha value is -2.40. The van der Waals surface area contributed by atoms with Crippen molar-refractivity contribution in [3.8, 4) is 0 Å². The summed E-state index contributed by atoms with van der Waals surface area (Å²) in [5.41, 5.74) is 2.54. The van der Waals surface area contributed by atoms with Gasteiger partial charge in [0.25, 0.3) is 0 Å². The van der Waals surface area contributed by atoms with Crippen molar-refractivity contribution < 1.29 is 4.63 Å². The molecule has 4 aromatic rings. The molecule has 2 aromatic carbocycles. The van der Waals surface area contributed by atoms with Gasteiger partial charge in [-0.05, 0) is 34.6 Å². The largest absolute Gasteiger partial charge is 0.255 e. The van der Waals surface area contributed by atoms with Crippen LogP contribution in [0.5, 0.6) is 0 Å². The van der Waals surface area contributed by atoms with Gasteiger partial charge in [0, 0.05) is 21.4 Å². The van der Waals surface area contributed by atoms with E-state index in [2.05, 4.69) is 33.5 Å². The molecule has 0 saturated carbocycles. The maximum absolute atomic E-state index is 4.80. The standard InChI is InChI=1S/C15H9N3OS/c1-4-10-5-3-9-16-14(10)12(7-1)20-13-8-2-6-11-15(13)18-19-17-11/h1-9H. The van der Waals surface area contributed by atoms with Gasteiger partial charge in [0.2, 0.25) is 0 Å². The van der Waals surface area contributed by atoms with Crippen LogP contribution in [-0.4, -0.2) is 15.3 Å². The summed E-state index contributed by atoms with van der Waals surface area (Å²) in [4.78, 5) is 6.58. The van der Waals surface area contributed by atoms with Gasteiger partial charge in [-0.25, -0.2) is 4.63 Å². The molecule has 2 heterocycles. The van der Waals surface area contributed by atoms with E-state index in [4.69, 9.17) is 4.63 Å². The molecule has 0 aliphatic carbocycles. The Morgan fingerprint density at radius 1 is 0.800 bits per heavy atom. The van der Waals surface area contributed by atoms with Crippen LogP contribution in [0.1, 0.15) is 0 Å². The van der Waals surface area contributed by atoms with Crippen molar-refractivity contribution in [2.24, 2.45) is 0 Å². The first-order valence-corrected chi connectivity index (χ1v) is 6.96. The molecular weight excluding hydrogens is 270 g/mol. The number of para-hydroxylation sites is 1. The monoisotopic (exact) mass is 279 g/mol. The molecule has 0 spiro atoms. The lowest BCUT2D eigenvalue weighted by molar-refractivity contribution is 0.315. The van der Waals surface area contributed by atoms with Crippen molar-refractivity contribution in [3.63, 3.8) is 0 Å². The number of hydrogen-bond acceptors (Lipinski definition) is 5.